The maximum Gasteiger partial charge on any atom is 0.240 e. The van der Waals surface area contributed by atoms with Gasteiger partial charge >= 0.3 is 0 Å². The van der Waals surface area contributed by atoms with Crippen molar-refractivity contribution in [3.63, 3.8) is 0 Å². The van der Waals surface area contributed by atoms with E-state index in [1.165, 1.54) is 11.1 Å². The molecule has 76 valence electrons. The first-order chi connectivity index (χ1) is 7.90. The predicted molar refractivity (Wildman–Crippen MR) is 62.5 cm³/mol. The second-order valence-electron chi connectivity index (χ2n) is 3.85. The number of nitrogens with zero attached hydrogens (tertiary/aromatic N) is 1. The summed E-state index contributed by atoms with van der Waals surface area (Å²) in [6.45, 7) is 0. The van der Waals surface area contributed by atoms with Crippen molar-refractivity contribution in [2.24, 2.45) is 4.99 Å². The number of fused-ring (bicyclic) bond motifs is 2. The van der Waals surface area contributed by atoms with E-state index >= 15 is 0 Å². The van der Waals surface area contributed by atoms with Gasteiger partial charge in [-0.1, -0.05) is 42.5 Å². The molecule has 2 aliphatic rings. The number of aliphatic imine (C=N–C) groups is 1. The number of hydrogen-bond acceptors (Lipinski definition) is 2. The molecule has 2 nitrogen and oxygen atoms in total. The highest BCUT2D eigenvalue weighted by atomic mass is 16.1. The highest BCUT2D eigenvalue weighted by molar-refractivity contribution is 5.81. The van der Waals surface area contributed by atoms with Gasteiger partial charge in [0.25, 0.3) is 0 Å². The Labute approximate surface area is 93.3 Å². The van der Waals surface area contributed by atoms with Gasteiger partial charge in [0.2, 0.25) is 6.08 Å². The largest absolute Gasteiger partial charge is 0.240 e. The lowest BCUT2D eigenvalue weighted by molar-refractivity contribution is 0.565. The summed E-state index contributed by atoms with van der Waals surface area (Å²) in [6.07, 6.45) is 2.54. The number of carbonyl (C=O) groups excluding carboxylic acids is 1. The summed E-state index contributed by atoms with van der Waals surface area (Å²) in [5, 5.41) is 0. The molecule has 2 aliphatic carbocycles. The Morgan fingerprint density at radius 1 is 1.06 bits per heavy atom. The third-order valence-corrected chi connectivity index (χ3v) is 2.98. The zero-order valence-electron chi connectivity index (χ0n) is 8.60. The third-order valence-electron chi connectivity index (χ3n) is 2.98. The quantitative estimate of drug-likeness (QED) is 0.468. The molecule has 16 heavy (non-hydrogen) atoms. The van der Waals surface area contributed by atoms with Gasteiger partial charge in [0.05, 0.1) is 5.69 Å². The Balaban J connectivity index is 2.18. The van der Waals surface area contributed by atoms with E-state index in [9.17, 15) is 4.79 Å². The summed E-state index contributed by atoms with van der Waals surface area (Å²) in [5.41, 5.74) is 5.46. The second kappa shape index (κ2) is 3.44. The zero-order valence-corrected chi connectivity index (χ0v) is 8.60. The molecule has 2 bridgehead atoms. The second-order valence-corrected chi connectivity index (χ2v) is 3.85. The van der Waals surface area contributed by atoms with Gasteiger partial charge in [-0.25, -0.2) is 4.79 Å². The molecule has 0 fully saturated rings. The molecule has 0 N–H and O–H groups in total. The normalized spacial score (nSPS) is 11.5. The van der Waals surface area contributed by atoms with Crippen LogP contribution in [-0.2, 0) is 11.2 Å². The van der Waals surface area contributed by atoms with E-state index in [-0.39, 0.29) is 0 Å². The minimum atomic E-state index is 0.816. The standard InChI is InChI=1S/C14H9NO/c16-9-15-14-11-6-7-12(13(14)8-11)10-4-2-1-3-5-10/h1-7H,8H2. The topological polar surface area (TPSA) is 29.4 Å². The molecule has 0 atom stereocenters. The van der Waals surface area contributed by atoms with Crippen molar-refractivity contribution in [1.82, 2.24) is 0 Å². The Morgan fingerprint density at radius 3 is 2.56 bits per heavy atom. The SMILES string of the molecule is O=C=Nc1c2ccc(-c3ccccc3)c1C2. The van der Waals surface area contributed by atoms with Crippen molar-refractivity contribution in [3.05, 3.63) is 53.6 Å². The Morgan fingerprint density at radius 2 is 1.88 bits per heavy atom. The molecule has 0 aromatic heterocycles. The molecule has 2 aromatic carbocycles. The van der Waals surface area contributed by atoms with E-state index in [4.69, 9.17) is 0 Å². The van der Waals surface area contributed by atoms with Gasteiger partial charge in [-0.2, -0.15) is 4.99 Å². The van der Waals surface area contributed by atoms with Crippen LogP contribution in [0.15, 0.2) is 47.5 Å². The molecule has 0 aliphatic heterocycles. The molecule has 0 saturated carbocycles. The average Bonchev–Trinajstić information content (AvgIpc) is 2.37. The van der Waals surface area contributed by atoms with Crippen LogP contribution in [0.2, 0.25) is 0 Å². The summed E-state index contributed by atoms with van der Waals surface area (Å²) in [4.78, 5) is 14.1. The van der Waals surface area contributed by atoms with E-state index in [0.29, 0.717) is 0 Å². The minimum absolute atomic E-state index is 0.816. The maximum absolute atomic E-state index is 10.3. The van der Waals surface area contributed by atoms with Crippen LogP contribution in [0.25, 0.3) is 11.1 Å². The number of benzene rings is 2. The predicted octanol–water partition coefficient (Wildman–Crippen LogP) is 3.23. The van der Waals surface area contributed by atoms with Gasteiger partial charge in [0.15, 0.2) is 0 Å². The summed E-state index contributed by atoms with van der Waals surface area (Å²) in [6, 6.07) is 14.3. The summed E-state index contributed by atoms with van der Waals surface area (Å²) >= 11 is 0. The van der Waals surface area contributed by atoms with E-state index < -0.39 is 0 Å². The van der Waals surface area contributed by atoms with Gasteiger partial charge in [-0.15, -0.1) is 0 Å². The molecular weight excluding hydrogens is 198 g/mol. The van der Waals surface area contributed by atoms with Gasteiger partial charge < -0.3 is 0 Å². The van der Waals surface area contributed by atoms with E-state index in [1.54, 1.807) is 6.08 Å². The van der Waals surface area contributed by atoms with Crippen molar-refractivity contribution >= 4 is 11.8 Å². The van der Waals surface area contributed by atoms with E-state index in [1.807, 2.05) is 24.3 Å². The van der Waals surface area contributed by atoms with Crippen molar-refractivity contribution < 1.29 is 4.79 Å². The van der Waals surface area contributed by atoms with Crippen molar-refractivity contribution in [2.45, 2.75) is 6.42 Å². The maximum atomic E-state index is 10.3. The highest BCUT2D eigenvalue weighted by Crippen LogP contribution is 2.43. The molecule has 0 saturated heterocycles. The fourth-order valence-electron chi connectivity index (χ4n) is 2.16. The van der Waals surface area contributed by atoms with Crippen molar-refractivity contribution in [2.75, 3.05) is 0 Å². The smallest absolute Gasteiger partial charge is 0.211 e. The van der Waals surface area contributed by atoms with Crippen LogP contribution in [0.4, 0.5) is 5.69 Å². The number of hydrogen-bond donors (Lipinski definition) is 0. The molecule has 2 aromatic rings. The zero-order chi connectivity index (χ0) is 11.0. The molecule has 0 spiro atoms. The molecule has 2 heteroatoms. The third kappa shape index (κ3) is 1.21. The van der Waals surface area contributed by atoms with Crippen LogP contribution in [-0.4, -0.2) is 6.08 Å². The number of rotatable bonds is 2. The highest BCUT2D eigenvalue weighted by Gasteiger charge is 2.23. The first-order valence-corrected chi connectivity index (χ1v) is 5.18. The lowest BCUT2D eigenvalue weighted by Gasteiger charge is -2.23. The first-order valence-electron chi connectivity index (χ1n) is 5.18. The molecular formula is C14H9NO. The first kappa shape index (κ1) is 9.08. The van der Waals surface area contributed by atoms with E-state index in [2.05, 4.69) is 23.2 Å². The fraction of sp³-hybridized carbons (Fsp3) is 0.0714. The van der Waals surface area contributed by atoms with Crippen molar-refractivity contribution in [1.29, 1.82) is 0 Å². The van der Waals surface area contributed by atoms with Crippen LogP contribution >= 0.6 is 0 Å². The van der Waals surface area contributed by atoms with Crippen LogP contribution in [0.1, 0.15) is 11.1 Å². The van der Waals surface area contributed by atoms with Crippen LogP contribution in [0.3, 0.4) is 0 Å². The Hall–Kier alpha value is -2.18. The Kier molecular flexibility index (Phi) is 1.95. The number of isocyanates is 1. The molecule has 4 rings (SSSR count). The van der Waals surface area contributed by atoms with Crippen LogP contribution in [0.5, 0.6) is 0 Å². The van der Waals surface area contributed by atoms with Crippen LogP contribution < -0.4 is 0 Å². The minimum Gasteiger partial charge on any atom is -0.211 e. The fourth-order valence-corrected chi connectivity index (χ4v) is 2.16. The summed E-state index contributed by atoms with van der Waals surface area (Å²) in [5.74, 6) is 0. The monoisotopic (exact) mass is 207 g/mol. The lowest BCUT2D eigenvalue weighted by atomic mass is 9.83. The van der Waals surface area contributed by atoms with Gasteiger partial charge in [0.1, 0.15) is 0 Å². The summed E-state index contributed by atoms with van der Waals surface area (Å²) < 4.78 is 0. The summed E-state index contributed by atoms with van der Waals surface area (Å²) in [7, 11) is 0. The Bertz CT molecular complexity index is 596. The van der Waals surface area contributed by atoms with Gasteiger partial charge in [-0.3, -0.25) is 0 Å². The van der Waals surface area contributed by atoms with Crippen molar-refractivity contribution in [3.8, 4) is 11.1 Å². The molecule has 0 amide bonds. The molecule has 0 heterocycles. The lowest BCUT2D eigenvalue weighted by Crippen LogP contribution is -2.05. The van der Waals surface area contributed by atoms with Gasteiger partial charge in [-0.05, 0) is 22.3 Å². The van der Waals surface area contributed by atoms with Crippen LogP contribution in [0, 0.1) is 0 Å². The van der Waals surface area contributed by atoms with E-state index in [0.717, 1.165) is 23.2 Å². The van der Waals surface area contributed by atoms with Gasteiger partial charge in [0, 0.05) is 6.42 Å². The average molecular weight is 207 g/mol. The molecule has 0 unspecified atom stereocenters. The molecule has 0 radical (unpaired) electrons.